The number of hydrogen-bond donors (Lipinski definition) is 1. The van der Waals surface area contributed by atoms with E-state index in [0.717, 1.165) is 39.4 Å². The highest BCUT2D eigenvalue weighted by Gasteiger charge is 2.33. The Labute approximate surface area is 146 Å². The molecule has 0 fully saturated rings. The second-order valence-corrected chi connectivity index (χ2v) is 7.95. The Bertz CT molecular complexity index is 858. The predicted octanol–water partition coefficient (Wildman–Crippen LogP) is 2.90. The molecule has 0 aliphatic carbocycles. The molecule has 25 heavy (non-hydrogen) atoms. The van der Waals surface area contributed by atoms with Crippen molar-refractivity contribution in [1.82, 2.24) is 0 Å². The first-order chi connectivity index (χ1) is 11.6. The summed E-state index contributed by atoms with van der Waals surface area (Å²) in [5, 5.41) is 9.64. The largest absolute Gasteiger partial charge is 0.480 e. The number of anilines is 1. The summed E-state index contributed by atoms with van der Waals surface area (Å²) in [4.78, 5) is 11.8. The van der Waals surface area contributed by atoms with Gasteiger partial charge in [-0.1, -0.05) is 29.3 Å². The highest BCUT2D eigenvalue weighted by atomic mass is 32.2. The van der Waals surface area contributed by atoms with Gasteiger partial charge in [0, 0.05) is 6.42 Å². The number of nitrogens with zero attached hydrogens (tertiary/aromatic N) is 1. The summed E-state index contributed by atoms with van der Waals surface area (Å²) < 4.78 is 38.5. The molecule has 2 rings (SSSR count). The number of rotatable bonds is 6. The van der Waals surface area contributed by atoms with Crippen molar-refractivity contribution < 1.29 is 22.7 Å². The summed E-state index contributed by atoms with van der Waals surface area (Å²) in [5.41, 5.74) is 2.76. The van der Waals surface area contributed by atoms with Gasteiger partial charge in [0.25, 0.3) is 0 Å². The van der Waals surface area contributed by atoms with Crippen molar-refractivity contribution in [3.05, 3.63) is 65.0 Å². The van der Waals surface area contributed by atoms with Crippen LogP contribution in [0.2, 0.25) is 0 Å². The lowest BCUT2D eigenvalue weighted by molar-refractivity contribution is -0.138. The third-order valence-corrected chi connectivity index (χ3v) is 4.90. The Morgan fingerprint density at radius 3 is 2.08 bits per heavy atom. The first kappa shape index (κ1) is 18.9. The van der Waals surface area contributed by atoms with Gasteiger partial charge in [-0.2, -0.15) is 0 Å². The third kappa shape index (κ3) is 4.79. The molecule has 1 N–H and O–H groups in total. The van der Waals surface area contributed by atoms with Crippen LogP contribution < -0.4 is 4.31 Å². The topological polar surface area (TPSA) is 74.7 Å². The molecule has 2 aromatic carbocycles. The van der Waals surface area contributed by atoms with Crippen molar-refractivity contribution in [2.45, 2.75) is 26.3 Å². The molecule has 0 radical (unpaired) electrons. The minimum atomic E-state index is -3.89. The first-order valence-electron chi connectivity index (χ1n) is 7.63. The van der Waals surface area contributed by atoms with E-state index >= 15 is 0 Å². The number of aryl methyl sites for hydroxylation is 2. The van der Waals surface area contributed by atoms with Gasteiger partial charge in [-0.3, -0.25) is 4.31 Å². The summed E-state index contributed by atoms with van der Waals surface area (Å²) in [6.07, 6.45) is 0.941. The van der Waals surface area contributed by atoms with Gasteiger partial charge in [0.15, 0.2) is 0 Å². The fraction of sp³-hybridized carbons (Fsp3) is 0.278. The minimum absolute atomic E-state index is 0.00228. The van der Waals surface area contributed by atoms with Gasteiger partial charge in [-0.15, -0.1) is 0 Å². The van der Waals surface area contributed by atoms with E-state index < -0.39 is 27.9 Å². The second-order valence-electron chi connectivity index (χ2n) is 6.09. The molecule has 0 spiro atoms. The summed E-state index contributed by atoms with van der Waals surface area (Å²) in [5.74, 6) is -1.80. The Kier molecular flexibility index (Phi) is 5.47. The molecule has 0 amide bonds. The van der Waals surface area contributed by atoms with Crippen molar-refractivity contribution >= 4 is 21.7 Å². The number of benzene rings is 2. The SMILES string of the molecule is Cc1cc(C)cc(CC(C(=O)O)N(c2ccc(F)cc2)S(C)(=O)=O)c1. The zero-order valence-electron chi connectivity index (χ0n) is 14.2. The van der Waals surface area contributed by atoms with Crippen molar-refractivity contribution in [1.29, 1.82) is 0 Å². The number of halogens is 1. The summed E-state index contributed by atoms with van der Waals surface area (Å²) >= 11 is 0. The van der Waals surface area contributed by atoms with Crippen molar-refractivity contribution in [2.75, 3.05) is 10.6 Å². The molecule has 0 saturated carbocycles. The molecule has 0 saturated heterocycles. The molecule has 7 heteroatoms. The van der Waals surface area contributed by atoms with Crippen molar-refractivity contribution in [2.24, 2.45) is 0 Å². The Morgan fingerprint density at radius 2 is 1.64 bits per heavy atom. The van der Waals surface area contributed by atoms with E-state index in [-0.39, 0.29) is 12.1 Å². The predicted molar refractivity (Wildman–Crippen MR) is 94.8 cm³/mol. The zero-order chi connectivity index (χ0) is 18.8. The minimum Gasteiger partial charge on any atom is -0.480 e. The van der Waals surface area contributed by atoms with Crippen LogP contribution in [0.25, 0.3) is 0 Å². The average Bonchev–Trinajstić information content (AvgIpc) is 2.46. The molecule has 5 nitrogen and oxygen atoms in total. The Morgan fingerprint density at radius 1 is 1.12 bits per heavy atom. The molecule has 0 aliphatic heterocycles. The standard InChI is InChI=1S/C18H20FNO4S/c1-12-8-13(2)10-14(9-12)11-17(18(21)22)20(25(3,23)24)16-6-4-15(19)5-7-16/h4-10,17H,11H2,1-3H3,(H,21,22). The van der Waals surface area contributed by atoms with E-state index in [1.54, 1.807) is 0 Å². The molecule has 0 heterocycles. The maximum absolute atomic E-state index is 13.2. The van der Waals surface area contributed by atoms with E-state index in [2.05, 4.69) is 0 Å². The van der Waals surface area contributed by atoms with Crippen LogP contribution in [0.3, 0.4) is 0 Å². The van der Waals surface area contributed by atoms with Gasteiger partial charge in [-0.25, -0.2) is 17.6 Å². The smallest absolute Gasteiger partial charge is 0.327 e. The normalized spacial score (nSPS) is 12.6. The fourth-order valence-electron chi connectivity index (χ4n) is 2.87. The van der Waals surface area contributed by atoms with E-state index in [1.165, 1.54) is 12.1 Å². The number of carboxylic acids is 1. The van der Waals surface area contributed by atoms with Crippen molar-refractivity contribution in [3.63, 3.8) is 0 Å². The molecule has 0 bridgehead atoms. The molecular formula is C18H20FNO4S. The molecule has 1 unspecified atom stereocenters. The van der Waals surface area contributed by atoms with Gasteiger partial charge in [0.1, 0.15) is 11.9 Å². The maximum atomic E-state index is 13.2. The lowest BCUT2D eigenvalue weighted by Crippen LogP contribution is -2.46. The van der Waals surface area contributed by atoms with E-state index in [4.69, 9.17) is 0 Å². The van der Waals surface area contributed by atoms with E-state index in [0.29, 0.717) is 0 Å². The molecule has 2 aromatic rings. The lowest BCUT2D eigenvalue weighted by Gasteiger charge is -2.29. The van der Waals surface area contributed by atoms with Gasteiger partial charge < -0.3 is 5.11 Å². The number of sulfonamides is 1. The highest BCUT2D eigenvalue weighted by Crippen LogP contribution is 2.24. The van der Waals surface area contributed by atoms with Crippen LogP contribution in [0.4, 0.5) is 10.1 Å². The molecule has 0 aliphatic rings. The number of carbonyl (C=O) groups is 1. The summed E-state index contributed by atoms with van der Waals surface area (Å²) in [6.45, 7) is 3.78. The van der Waals surface area contributed by atoms with Crippen molar-refractivity contribution in [3.8, 4) is 0 Å². The van der Waals surface area contributed by atoms with Crippen LogP contribution in [-0.2, 0) is 21.2 Å². The zero-order valence-corrected chi connectivity index (χ0v) is 15.0. The van der Waals surface area contributed by atoms with Crippen LogP contribution in [0.15, 0.2) is 42.5 Å². The van der Waals surface area contributed by atoms with E-state index in [9.17, 15) is 22.7 Å². The third-order valence-electron chi connectivity index (χ3n) is 3.72. The highest BCUT2D eigenvalue weighted by molar-refractivity contribution is 7.92. The van der Waals surface area contributed by atoms with Gasteiger partial charge >= 0.3 is 5.97 Å². The molecule has 0 aromatic heterocycles. The van der Waals surface area contributed by atoms with Gasteiger partial charge in [-0.05, 0) is 43.7 Å². The van der Waals surface area contributed by atoms with Crippen LogP contribution in [0, 0.1) is 19.7 Å². The first-order valence-corrected chi connectivity index (χ1v) is 9.47. The number of carboxylic acid groups (broad SMARTS) is 1. The van der Waals surface area contributed by atoms with Crippen LogP contribution in [-0.4, -0.2) is 31.8 Å². The molecular weight excluding hydrogens is 345 g/mol. The quantitative estimate of drug-likeness (QED) is 0.854. The van der Waals surface area contributed by atoms with E-state index in [1.807, 2.05) is 32.0 Å². The molecule has 134 valence electrons. The summed E-state index contributed by atoms with van der Waals surface area (Å²) in [7, 11) is -3.89. The Hall–Kier alpha value is -2.41. The number of hydrogen-bond acceptors (Lipinski definition) is 3. The monoisotopic (exact) mass is 365 g/mol. The van der Waals surface area contributed by atoms with Crippen LogP contribution >= 0.6 is 0 Å². The summed E-state index contributed by atoms with van der Waals surface area (Å²) in [6, 6.07) is 8.99. The fourth-order valence-corrected chi connectivity index (χ4v) is 4.00. The van der Waals surface area contributed by atoms with Crippen LogP contribution in [0.5, 0.6) is 0 Å². The number of aliphatic carboxylic acids is 1. The Balaban J connectivity index is 2.49. The lowest BCUT2D eigenvalue weighted by atomic mass is 10.0. The second kappa shape index (κ2) is 7.23. The van der Waals surface area contributed by atoms with Crippen LogP contribution in [0.1, 0.15) is 16.7 Å². The average molecular weight is 365 g/mol. The maximum Gasteiger partial charge on any atom is 0.327 e. The molecule has 1 atom stereocenters. The van der Waals surface area contributed by atoms with Gasteiger partial charge in [0.2, 0.25) is 10.0 Å². The van der Waals surface area contributed by atoms with Gasteiger partial charge in [0.05, 0.1) is 11.9 Å².